The quantitative estimate of drug-likeness (QED) is 0.489. The van der Waals surface area contributed by atoms with Crippen LogP contribution in [-0.2, 0) is 6.54 Å². The van der Waals surface area contributed by atoms with E-state index in [0.29, 0.717) is 0 Å². The van der Waals surface area contributed by atoms with Gasteiger partial charge in [-0.25, -0.2) is 0 Å². The zero-order valence-corrected chi connectivity index (χ0v) is 11.8. The van der Waals surface area contributed by atoms with E-state index >= 15 is 0 Å². The molecule has 0 saturated heterocycles. The van der Waals surface area contributed by atoms with Crippen LogP contribution in [-0.4, -0.2) is 18.5 Å². The first kappa shape index (κ1) is 12.9. The molecule has 0 spiro atoms. The van der Waals surface area contributed by atoms with Gasteiger partial charge in [-0.05, 0) is 40.2 Å². The van der Waals surface area contributed by atoms with Crippen molar-refractivity contribution in [1.29, 1.82) is 0 Å². The Kier molecular flexibility index (Phi) is 3.53. The molecule has 1 nitrogen and oxygen atoms in total. The number of nitrogens with zero attached hydrogens (tertiary/aromatic N) is 1. The van der Waals surface area contributed by atoms with Crippen LogP contribution >= 0.6 is 0 Å². The van der Waals surface area contributed by atoms with E-state index in [2.05, 4.69) is 73.1 Å². The lowest BCUT2D eigenvalue weighted by atomic mass is 9.96. The van der Waals surface area contributed by atoms with Crippen LogP contribution in [0.3, 0.4) is 0 Å². The van der Waals surface area contributed by atoms with Crippen LogP contribution in [0.1, 0.15) is 5.56 Å². The molecule has 0 N–H and O–H groups in total. The molecule has 20 heavy (non-hydrogen) atoms. The van der Waals surface area contributed by atoms with Crippen LogP contribution in [0.25, 0.3) is 21.5 Å². The summed E-state index contributed by atoms with van der Waals surface area (Å²) in [6, 6.07) is 19.6. The van der Waals surface area contributed by atoms with E-state index in [1.165, 1.54) is 27.1 Å². The number of rotatable bonds is 4. The summed E-state index contributed by atoms with van der Waals surface area (Å²) in [7, 11) is 2.14. The maximum absolute atomic E-state index is 3.83. The van der Waals surface area contributed by atoms with Crippen LogP contribution < -0.4 is 0 Å². The van der Waals surface area contributed by atoms with Crippen molar-refractivity contribution in [2.75, 3.05) is 13.6 Å². The van der Waals surface area contributed by atoms with Crippen molar-refractivity contribution < 1.29 is 0 Å². The summed E-state index contributed by atoms with van der Waals surface area (Å²) >= 11 is 0. The highest BCUT2D eigenvalue weighted by Gasteiger charge is 2.08. The SMILES string of the molecule is C=CCN(C)Cc1c2ccccc2cc2ccccc12. The predicted octanol–water partition coefficient (Wildman–Crippen LogP) is 4.61. The summed E-state index contributed by atoms with van der Waals surface area (Å²) in [4.78, 5) is 2.29. The number of hydrogen-bond donors (Lipinski definition) is 0. The lowest BCUT2D eigenvalue weighted by Gasteiger charge is -2.18. The lowest BCUT2D eigenvalue weighted by molar-refractivity contribution is 0.366. The number of likely N-dealkylation sites (N-methyl/N-ethyl adjacent to an activating group) is 1. The molecule has 0 unspecified atom stereocenters. The second-order valence-electron chi connectivity index (χ2n) is 5.28. The van der Waals surface area contributed by atoms with Crippen molar-refractivity contribution in [3.05, 3.63) is 72.8 Å². The van der Waals surface area contributed by atoms with Crippen molar-refractivity contribution >= 4 is 21.5 Å². The van der Waals surface area contributed by atoms with Crippen molar-refractivity contribution in [3.63, 3.8) is 0 Å². The van der Waals surface area contributed by atoms with Crippen LogP contribution in [0.4, 0.5) is 0 Å². The Labute approximate surface area is 120 Å². The molecule has 0 heterocycles. The second-order valence-corrected chi connectivity index (χ2v) is 5.28. The van der Waals surface area contributed by atoms with Gasteiger partial charge < -0.3 is 0 Å². The molecule has 0 aliphatic heterocycles. The Morgan fingerprint density at radius 3 is 2.05 bits per heavy atom. The van der Waals surface area contributed by atoms with E-state index in [1.54, 1.807) is 0 Å². The van der Waals surface area contributed by atoms with Crippen molar-refractivity contribution in [1.82, 2.24) is 4.90 Å². The van der Waals surface area contributed by atoms with Gasteiger partial charge in [0.05, 0.1) is 0 Å². The molecule has 0 aliphatic rings. The molecule has 0 aliphatic carbocycles. The first-order valence-electron chi connectivity index (χ1n) is 6.98. The van der Waals surface area contributed by atoms with Crippen molar-refractivity contribution in [2.45, 2.75) is 6.54 Å². The molecule has 100 valence electrons. The Balaban J connectivity index is 2.24. The fourth-order valence-corrected chi connectivity index (χ4v) is 2.83. The summed E-state index contributed by atoms with van der Waals surface area (Å²) in [6.07, 6.45) is 1.95. The normalized spacial score (nSPS) is 11.3. The monoisotopic (exact) mass is 261 g/mol. The molecular formula is C19H19N. The van der Waals surface area contributed by atoms with Crippen LogP contribution in [0.5, 0.6) is 0 Å². The highest BCUT2D eigenvalue weighted by Crippen LogP contribution is 2.29. The van der Waals surface area contributed by atoms with Crippen LogP contribution in [0.15, 0.2) is 67.3 Å². The van der Waals surface area contributed by atoms with Gasteiger partial charge in [-0.15, -0.1) is 6.58 Å². The summed E-state index contributed by atoms with van der Waals surface area (Å²) in [6.45, 7) is 5.66. The van der Waals surface area contributed by atoms with E-state index in [-0.39, 0.29) is 0 Å². The van der Waals surface area contributed by atoms with Gasteiger partial charge in [-0.3, -0.25) is 4.90 Å². The first-order valence-corrected chi connectivity index (χ1v) is 6.98. The summed E-state index contributed by atoms with van der Waals surface area (Å²) in [5, 5.41) is 5.32. The minimum absolute atomic E-state index is 0.900. The lowest BCUT2D eigenvalue weighted by Crippen LogP contribution is -2.17. The average molecular weight is 261 g/mol. The Bertz CT molecular complexity index is 704. The standard InChI is InChI=1S/C19H19N/c1-3-12-20(2)14-19-17-10-6-4-8-15(17)13-16-9-5-7-11-18(16)19/h3-11,13H,1,12,14H2,2H3. The Morgan fingerprint density at radius 1 is 0.950 bits per heavy atom. The Morgan fingerprint density at radius 2 is 1.50 bits per heavy atom. The molecule has 0 fully saturated rings. The molecule has 0 saturated carbocycles. The Hall–Kier alpha value is -2.12. The molecule has 0 amide bonds. The van der Waals surface area contributed by atoms with Gasteiger partial charge in [-0.1, -0.05) is 54.6 Å². The zero-order chi connectivity index (χ0) is 13.9. The molecule has 3 aromatic rings. The summed E-state index contributed by atoms with van der Waals surface area (Å²) in [5.41, 5.74) is 1.41. The second kappa shape index (κ2) is 5.48. The van der Waals surface area contributed by atoms with Gasteiger partial charge in [-0.2, -0.15) is 0 Å². The molecule has 0 radical (unpaired) electrons. The minimum atomic E-state index is 0.900. The molecule has 3 rings (SSSR count). The smallest absolute Gasteiger partial charge is 0.0246 e. The zero-order valence-electron chi connectivity index (χ0n) is 11.8. The van der Waals surface area contributed by atoms with Gasteiger partial charge >= 0.3 is 0 Å². The minimum Gasteiger partial charge on any atom is -0.298 e. The van der Waals surface area contributed by atoms with Crippen molar-refractivity contribution in [3.8, 4) is 0 Å². The first-order chi connectivity index (χ1) is 9.79. The number of hydrogen-bond acceptors (Lipinski definition) is 1. The van der Waals surface area contributed by atoms with Gasteiger partial charge in [0.25, 0.3) is 0 Å². The maximum atomic E-state index is 3.83. The molecule has 0 aromatic heterocycles. The fraction of sp³-hybridized carbons (Fsp3) is 0.158. The van der Waals surface area contributed by atoms with E-state index in [0.717, 1.165) is 13.1 Å². The van der Waals surface area contributed by atoms with Gasteiger partial charge in [0.2, 0.25) is 0 Å². The van der Waals surface area contributed by atoms with Crippen molar-refractivity contribution in [2.24, 2.45) is 0 Å². The molecule has 0 atom stereocenters. The summed E-state index contributed by atoms with van der Waals surface area (Å²) in [5.74, 6) is 0. The van der Waals surface area contributed by atoms with Gasteiger partial charge in [0.15, 0.2) is 0 Å². The van der Waals surface area contributed by atoms with E-state index in [1.807, 2.05) is 6.08 Å². The van der Waals surface area contributed by atoms with E-state index in [9.17, 15) is 0 Å². The van der Waals surface area contributed by atoms with Gasteiger partial charge in [0, 0.05) is 13.1 Å². The molecular weight excluding hydrogens is 242 g/mol. The van der Waals surface area contributed by atoms with Gasteiger partial charge in [0.1, 0.15) is 0 Å². The maximum Gasteiger partial charge on any atom is 0.0246 e. The largest absolute Gasteiger partial charge is 0.298 e. The molecule has 1 heteroatoms. The predicted molar refractivity (Wildman–Crippen MR) is 88.0 cm³/mol. The number of benzene rings is 3. The fourth-order valence-electron chi connectivity index (χ4n) is 2.83. The van der Waals surface area contributed by atoms with Crippen LogP contribution in [0, 0.1) is 0 Å². The average Bonchev–Trinajstić information content (AvgIpc) is 2.47. The third kappa shape index (κ3) is 2.33. The van der Waals surface area contributed by atoms with E-state index in [4.69, 9.17) is 0 Å². The third-order valence-electron chi connectivity index (χ3n) is 3.75. The highest BCUT2D eigenvalue weighted by atomic mass is 15.1. The third-order valence-corrected chi connectivity index (χ3v) is 3.75. The molecule has 0 bridgehead atoms. The highest BCUT2D eigenvalue weighted by molar-refractivity contribution is 6.02. The topological polar surface area (TPSA) is 3.24 Å². The van der Waals surface area contributed by atoms with Crippen LogP contribution in [0.2, 0.25) is 0 Å². The number of fused-ring (bicyclic) bond motifs is 2. The summed E-state index contributed by atoms with van der Waals surface area (Å²) < 4.78 is 0. The molecule has 3 aromatic carbocycles. The van der Waals surface area contributed by atoms with E-state index < -0.39 is 0 Å².